The SMILES string of the molecule is CC1(c2ccc3ccccc3c2)NC(=O)N(CC(=O)Nc2ccccc2Cc2ccccc2)C1=O. The van der Waals surface area contributed by atoms with E-state index in [1.165, 1.54) is 0 Å². The standard InChI is InChI=1S/C29H25N3O3/c1-29(24-16-15-21-11-5-6-12-22(21)18-24)27(34)32(28(35)31-29)19-26(33)30-25-14-8-7-13-23(25)17-20-9-3-2-4-10-20/h2-16,18H,17,19H2,1H3,(H,30,33)(H,31,35). The van der Waals surface area contributed by atoms with E-state index in [1.54, 1.807) is 6.92 Å². The molecule has 1 saturated heterocycles. The Morgan fingerprint density at radius 1 is 0.857 bits per heavy atom. The van der Waals surface area contributed by atoms with Crippen molar-refractivity contribution in [2.75, 3.05) is 11.9 Å². The number of carbonyl (C=O) groups excluding carboxylic acids is 3. The number of benzene rings is 4. The number of nitrogens with one attached hydrogen (secondary N) is 2. The molecule has 0 saturated carbocycles. The average Bonchev–Trinajstić information content (AvgIpc) is 3.09. The van der Waals surface area contributed by atoms with E-state index in [0.29, 0.717) is 17.7 Å². The number of nitrogens with zero attached hydrogens (tertiary/aromatic N) is 1. The Morgan fingerprint density at radius 3 is 2.34 bits per heavy atom. The first-order valence-corrected chi connectivity index (χ1v) is 11.5. The molecular formula is C29H25N3O3. The first-order valence-electron chi connectivity index (χ1n) is 11.5. The minimum Gasteiger partial charge on any atom is -0.324 e. The number of hydrogen-bond donors (Lipinski definition) is 2. The number of anilines is 1. The number of para-hydroxylation sites is 1. The third kappa shape index (κ3) is 4.38. The fourth-order valence-corrected chi connectivity index (χ4v) is 4.48. The summed E-state index contributed by atoms with van der Waals surface area (Å²) in [6, 6.07) is 30.4. The van der Waals surface area contributed by atoms with Crippen molar-refractivity contribution in [2.45, 2.75) is 18.9 Å². The number of rotatable bonds is 6. The highest BCUT2D eigenvalue weighted by Crippen LogP contribution is 2.31. The first kappa shape index (κ1) is 22.3. The summed E-state index contributed by atoms with van der Waals surface area (Å²) in [4.78, 5) is 40.0. The topological polar surface area (TPSA) is 78.5 Å². The smallest absolute Gasteiger partial charge is 0.324 e. The molecule has 1 heterocycles. The highest BCUT2D eigenvalue weighted by atomic mass is 16.2. The lowest BCUT2D eigenvalue weighted by Crippen LogP contribution is -2.42. The lowest BCUT2D eigenvalue weighted by atomic mass is 9.90. The number of carbonyl (C=O) groups is 3. The molecule has 4 aromatic rings. The number of imide groups is 1. The fourth-order valence-electron chi connectivity index (χ4n) is 4.48. The summed E-state index contributed by atoms with van der Waals surface area (Å²) >= 11 is 0. The van der Waals surface area contributed by atoms with E-state index in [2.05, 4.69) is 10.6 Å². The van der Waals surface area contributed by atoms with Crippen molar-refractivity contribution in [3.05, 3.63) is 114 Å². The molecule has 0 aliphatic carbocycles. The average molecular weight is 464 g/mol. The normalized spacial score (nSPS) is 17.5. The molecule has 1 atom stereocenters. The number of hydrogen-bond acceptors (Lipinski definition) is 3. The predicted octanol–water partition coefficient (Wildman–Crippen LogP) is 4.84. The van der Waals surface area contributed by atoms with Gasteiger partial charge in [0.25, 0.3) is 5.91 Å². The summed E-state index contributed by atoms with van der Waals surface area (Å²) < 4.78 is 0. The summed E-state index contributed by atoms with van der Waals surface area (Å²) in [7, 11) is 0. The third-order valence-corrected chi connectivity index (χ3v) is 6.43. The molecule has 1 fully saturated rings. The van der Waals surface area contributed by atoms with Gasteiger partial charge in [-0.1, -0.05) is 84.9 Å². The molecule has 0 spiro atoms. The Kier molecular flexibility index (Phi) is 5.79. The maximum absolute atomic E-state index is 13.3. The molecule has 4 aromatic carbocycles. The van der Waals surface area contributed by atoms with Crippen LogP contribution in [0.15, 0.2) is 97.1 Å². The maximum atomic E-state index is 13.3. The van der Waals surface area contributed by atoms with Crippen molar-refractivity contribution >= 4 is 34.3 Å². The molecular weight excluding hydrogens is 438 g/mol. The molecule has 0 aromatic heterocycles. The largest absolute Gasteiger partial charge is 0.325 e. The van der Waals surface area contributed by atoms with Crippen LogP contribution in [0, 0.1) is 0 Å². The maximum Gasteiger partial charge on any atom is 0.325 e. The summed E-state index contributed by atoms with van der Waals surface area (Å²) in [5, 5.41) is 7.67. The van der Waals surface area contributed by atoms with Gasteiger partial charge in [0.1, 0.15) is 12.1 Å². The molecule has 1 aliphatic heterocycles. The van der Waals surface area contributed by atoms with E-state index < -0.39 is 23.4 Å². The van der Waals surface area contributed by atoms with Crippen molar-refractivity contribution < 1.29 is 14.4 Å². The summed E-state index contributed by atoms with van der Waals surface area (Å²) in [5.74, 6) is -0.887. The zero-order valence-electron chi connectivity index (χ0n) is 19.3. The second-order valence-electron chi connectivity index (χ2n) is 8.88. The monoisotopic (exact) mass is 463 g/mol. The molecule has 0 radical (unpaired) electrons. The summed E-state index contributed by atoms with van der Waals surface area (Å²) in [6.07, 6.45) is 0.653. The van der Waals surface area contributed by atoms with Crippen LogP contribution in [0.25, 0.3) is 10.8 Å². The van der Waals surface area contributed by atoms with Gasteiger partial charge in [-0.05, 0) is 52.9 Å². The van der Waals surface area contributed by atoms with Crippen molar-refractivity contribution in [2.24, 2.45) is 0 Å². The molecule has 1 unspecified atom stereocenters. The van der Waals surface area contributed by atoms with Crippen LogP contribution < -0.4 is 10.6 Å². The van der Waals surface area contributed by atoms with Crippen LogP contribution in [0.2, 0.25) is 0 Å². The van der Waals surface area contributed by atoms with Gasteiger partial charge in [-0.15, -0.1) is 0 Å². The van der Waals surface area contributed by atoms with Crippen LogP contribution in [-0.4, -0.2) is 29.3 Å². The molecule has 6 nitrogen and oxygen atoms in total. The van der Waals surface area contributed by atoms with E-state index in [-0.39, 0.29) is 6.54 Å². The van der Waals surface area contributed by atoms with Crippen LogP contribution >= 0.6 is 0 Å². The van der Waals surface area contributed by atoms with Gasteiger partial charge in [0.2, 0.25) is 5.91 Å². The second-order valence-corrected chi connectivity index (χ2v) is 8.88. The van der Waals surface area contributed by atoms with Gasteiger partial charge in [0.15, 0.2) is 0 Å². The quantitative estimate of drug-likeness (QED) is 0.402. The van der Waals surface area contributed by atoms with E-state index in [9.17, 15) is 14.4 Å². The highest BCUT2D eigenvalue weighted by Gasteiger charge is 2.49. The number of fused-ring (bicyclic) bond motifs is 1. The lowest BCUT2D eigenvalue weighted by Gasteiger charge is -2.22. The Bertz CT molecular complexity index is 1430. The van der Waals surface area contributed by atoms with Crippen molar-refractivity contribution in [3.63, 3.8) is 0 Å². The lowest BCUT2D eigenvalue weighted by molar-refractivity contribution is -0.133. The van der Waals surface area contributed by atoms with E-state index >= 15 is 0 Å². The Hall–Kier alpha value is -4.45. The Labute approximate surface area is 203 Å². The number of urea groups is 1. The van der Waals surface area contributed by atoms with Gasteiger partial charge in [-0.25, -0.2) is 4.79 Å². The van der Waals surface area contributed by atoms with Gasteiger partial charge >= 0.3 is 6.03 Å². The van der Waals surface area contributed by atoms with Gasteiger partial charge < -0.3 is 10.6 Å². The van der Waals surface area contributed by atoms with E-state index in [1.807, 2.05) is 97.1 Å². The van der Waals surface area contributed by atoms with E-state index in [0.717, 1.165) is 26.8 Å². The Morgan fingerprint density at radius 2 is 1.54 bits per heavy atom. The van der Waals surface area contributed by atoms with Gasteiger partial charge in [-0.3, -0.25) is 14.5 Å². The highest BCUT2D eigenvalue weighted by molar-refractivity contribution is 6.10. The minimum atomic E-state index is -1.24. The Balaban J connectivity index is 1.32. The van der Waals surface area contributed by atoms with Gasteiger partial charge in [0, 0.05) is 5.69 Å². The molecule has 174 valence electrons. The minimum absolute atomic E-state index is 0.368. The van der Waals surface area contributed by atoms with Crippen LogP contribution in [0.5, 0.6) is 0 Å². The molecule has 4 amide bonds. The molecule has 2 N–H and O–H groups in total. The van der Waals surface area contributed by atoms with Gasteiger partial charge in [0.05, 0.1) is 0 Å². The zero-order valence-corrected chi connectivity index (χ0v) is 19.3. The second kappa shape index (κ2) is 9.06. The summed E-state index contributed by atoms with van der Waals surface area (Å²) in [6.45, 7) is 1.30. The van der Waals surface area contributed by atoms with Crippen molar-refractivity contribution in [3.8, 4) is 0 Å². The summed E-state index contributed by atoms with van der Waals surface area (Å²) in [5.41, 5.74) is 2.16. The zero-order chi connectivity index (χ0) is 24.4. The van der Waals surface area contributed by atoms with Crippen molar-refractivity contribution in [1.29, 1.82) is 0 Å². The molecule has 0 bridgehead atoms. The van der Waals surface area contributed by atoms with Crippen LogP contribution in [0.3, 0.4) is 0 Å². The van der Waals surface area contributed by atoms with Crippen LogP contribution in [0.4, 0.5) is 10.5 Å². The molecule has 1 aliphatic rings. The molecule has 5 rings (SSSR count). The van der Waals surface area contributed by atoms with Crippen LogP contribution in [0.1, 0.15) is 23.6 Å². The van der Waals surface area contributed by atoms with Crippen molar-refractivity contribution in [1.82, 2.24) is 10.2 Å². The third-order valence-electron chi connectivity index (χ3n) is 6.43. The fraction of sp³-hybridized carbons (Fsp3) is 0.138. The molecule has 6 heteroatoms. The van der Waals surface area contributed by atoms with Gasteiger partial charge in [-0.2, -0.15) is 0 Å². The first-order chi connectivity index (χ1) is 16.9. The number of amides is 4. The van der Waals surface area contributed by atoms with E-state index in [4.69, 9.17) is 0 Å². The molecule has 35 heavy (non-hydrogen) atoms. The predicted molar refractivity (Wildman–Crippen MR) is 136 cm³/mol. The van der Waals surface area contributed by atoms with Crippen LogP contribution in [-0.2, 0) is 21.5 Å².